The highest BCUT2D eigenvalue weighted by molar-refractivity contribution is 5.79. The number of nitrogens with zero attached hydrogens (tertiary/aromatic N) is 3. The van der Waals surface area contributed by atoms with Crippen molar-refractivity contribution in [2.75, 3.05) is 20.7 Å². The van der Waals surface area contributed by atoms with E-state index in [0.717, 1.165) is 23.6 Å². The Balaban J connectivity index is 2.10. The van der Waals surface area contributed by atoms with E-state index in [-0.39, 0.29) is 5.82 Å². The van der Waals surface area contributed by atoms with Crippen molar-refractivity contribution in [3.05, 3.63) is 59.5 Å². The SMILES string of the molecule is CCNC(=NCc1cccnc1OC)N(C)Cc1ccc(F)cc1. The molecule has 6 heteroatoms. The van der Waals surface area contributed by atoms with Gasteiger partial charge in [0.1, 0.15) is 5.82 Å². The summed E-state index contributed by atoms with van der Waals surface area (Å²) in [6, 6.07) is 10.3. The molecule has 24 heavy (non-hydrogen) atoms. The van der Waals surface area contributed by atoms with E-state index in [0.29, 0.717) is 19.0 Å². The molecule has 0 spiro atoms. The van der Waals surface area contributed by atoms with Crippen molar-refractivity contribution in [3.63, 3.8) is 0 Å². The van der Waals surface area contributed by atoms with Crippen LogP contribution in [0.2, 0.25) is 0 Å². The van der Waals surface area contributed by atoms with Crippen LogP contribution in [0.1, 0.15) is 18.1 Å². The van der Waals surface area contributed by atoms with Gasteiger partial charge in [0.2, 0.25) is 5.88 Å². The molecule has 0 unspecified atom stereocenters. The van der Waals surface area contributed by atoms with Crippen LogP contribution in [0.15, 0.2) is 47.6 Å². The largest absolute Gasteiger partial charge is 0.481 e. The van der Waals surface area contributed by atoms with Crippen molar-refractivity contribution >= 4 is 5.96 Å². The summed E-state index contributed by atoms with van der Waals surface area (Å²) in [4.78, 5) is 10.8. The molecule has 128 valence electrons. The molecule has 1 N–H and O–H groups in total. The van der Waals surface area contributed by atoms with Gasteiger partial charge in [0.15, 0.2) is 5.96 Å². The number of hydrogen-bond donors (Lipinski definition) is 1. The van der Waals surface area contributed by atoms with Crippen molar-refractivity contribution in [2.45, 2.75) is 20.0 Å². The Morgan fingerprint density at radius 2 is 2.04 bits per heavy atom. The minimum atomic E-state index is -0.231. The van der Waals surface area contributed by atoms with Gasteiger partial charge in [-0.3, -0.25) is 0 Å². The molecule has 0 atom stereocenters. The highest BCUT2D eigenvalue weighted by Gasteiger charge is 2.08. The summed E-state index contributed by atoms with van der Waals surface area (Å²) in [5.74, 6) is 1.12. The molecule has 0 bridgehead atoms. The van der Waals surface area contributed by atoms with Crippen LogP contribution in [-0.2, 0) is 13.1 Å². The van der Waals surface area contributed by atoms with Gasteiger partial charge in [-0.25, -0.2) is 14.4 Å². The van der Waals surface area contributed by atoms with E-state index < -0.39 is 0 Å². The lowest BCUT2D eigenvalue weighted by Gasteiger charge is -2.22. The quantitative estimate of drug-likeness (QED) is 0.654. The third kappa shape index (κ3) is 4.94. The number of guanidine groups is 1. The second-order valence-electron chi connectivity index (χ2n) is 5.32. The summed E-state index contributed by atoms with van der Waals surface area (Å²) >= 11 is 0. The van der Waals surface area contributed by atoms with Crippen LogP contribution < -0.4 is 10.1 Å². The van der Waals surface area contributed by atoms with Crippen LogP contribution in [0.5, 0.6) is 5.88 Å². The molecule has 2 aromatic rings. The van der Waals surface area contributed by atoms with Crippen molar-refractivity contribution in [3.8, 4) is 5.88 Å². The number of nitrogens with one attached hydrogen (secondary N) is 1. The number of halogens is 1. The molecule has 0 radical (unpaired) electrons. The number of ether oxygens (including phenoxy) is 1. The Labute approximate surface area is 142 Å². The molecular formula is C18H23FN4O. The topological polar surface area (TPSA) is 49.8 Å². The van der Waals surface area contributed by atoms with Crippen LogP contribution in [0.4, 0.5) is 4.39 Å². The fraction of sp³-hybridized carbons (Fsp3) is 0.333. The molecule has 2 rings (SSSR count). The van der Waals surface area contributed by atoms with Crippen LogP contribution in [0, 0.1) is 5.82 Å². The first kappa shape index (κ1) is 17.7. The molecule has 1 aromatic carbocycles. The number of hydrogen-bond acceptors (Lipinski definition) is 3. The predicted molar refractivity (Wildman–Crippen MR) is 93.5 cm³/mol. The van der Waals surface area contributed by atoms with Gasteiger partial charge in [-0.2, -0.15) is 0 Å². The number of methoxy groups -OCH3 is 1. The maximum Gasteiger partial charge on any atom is 0.218 e. The highest BCUT2D eigenvalue weighted by atomic mass is 19.1. The number of aliphatic imine (C=N–C) groups is 1. The standard InChI is InChI=1S/C18H23FN4O/c1-4-20-18(22-12-15-6-5-11-21-17(15)24-3)23(2)13-14-7-9-16(19)10-8-14/h5-11H,4,12-13H2,1-3H3,(H,20,22). The summed E-state index contributed by atoms with van der Waals surface area (Å²) in [5, 5.41) is 3.26. The third-order valence-corrected chi connectivity index (χ3v) is 3.47. The molecule has 0 aliphatic rings. The van der Waals surface area contributed by atoms with Gasteiger partial charge >= 0.3 is 0 Å². The summed E-state index contributed by atoms with van der Waals surface area (Å²) in [6.07, 6.45) is 1.69. The van der Waals surface area contributed by atoms with E-state index in [1.165, 1.54) is 12.1 Å². The zero-order valence-electron chi connectivity index (χ0n) is 14.3. The molecule has 0 aliphatic heterocycles. The second kappa shape index (κ2) is 8.86. The summed E-state index contributed by atoms with van der Waals surface area (Å²) in [6.45, 7) is 3.88. The van der Waals surface area contributed by atoms with E-state index in [1.807, 2.05) is 31.0 Å². The average Bonchev–Trinajstić information content (AvgIpc) is 2.60. The summed E-state index contributed by atoms with van der Waals surface area (Å²) in [5.41, 5.74) is 1.94. The van der Waals surface area contributed by atoms with E-state index in [9.17, 15) is 4.39 Å². The lowest BCUT2D eigenvalue weighted by molar-refractivity contribution is 0.392. The van der Waals surface area contributed by atoms with Gasteiger partial charge in [-0.15, -0.1) is 0 Å². The van der Waals surface area contributed by atoms with E-state index in [2.05, 4.69) is 15.3 Å². The zero-order chi connectivity index (χ0) is 17.4. The van der Waals surface area contributed by atoms with E-state index in [1.54, 1.807) is 25.4 Å². The number of pyridine rings is 1. The Bertz CT molecular complexity index is 673. The maximum absolute atomic E-state index is 13.0. The van der Waals surface area contributed by atoms with Gasteiger partial charge in [0.05, 0.1) is 13.7 Å². The molecule has 1 heterocycles. The Hall–Kier alpha value is -2.63. The highest BCUT2D eigenvalue weighted by Crippen LogP contribution is 2.15. The van der Waals surface area contributed by atoms with Gasteiger partial charge in [-0.1, -0.05) is 18.2 Å². The minimum absolute atomic E-state index is 0.231. The maximum atomic E-state index is 13.0. The van der Waals surface area contributed by atoms with Crippen molar-refractivity contribution < 1.29 is 9.13 Å². The fourth-order valence-electron chi connectivity index (χ4n) is 2.30. The Morgan fingerprint density at radius 1 is 1.29 bits per heavy atom. The number of rotatable bonds is 6. The minimum Gasteiger partial charge on any atom is -0.481 e. The lowest BCUT2D eigenvalue weighted by atomic mass is 10.2. The molecule has 0 fully saturated rings. The predicted octanol–water partition coefficient (Wildman–Crippen LogP) is 2.83. The first-order valence-corrected chi connectivity index (χ1v) is 7.85. The molecule has 0 aliphatic carbocycles. The van der Waals surface area contributed by atoms with Crippen molar-refractivity contribution in [1.29, 1.82) is 0 Å². The Morgan fingerprint density at radius 3 is 2.71 bits per heavy atom. The molecule has 1 aromatic heterocycles. The molecule has 0 amide bonds. The third-order valence-electron chi connectivity index (χ3n) is 3.47. The summed E-state index contributed by atoms with van der Waals surface area (Å²) in [7, 11) is 3.55. The molecular weight excluding hydrogens is 307 g/mol. The lowest BCUT2D eigenvalue weighted by Crippen LogP contribution is -2.38. The number of benzene rings is 1. The van der Waals surface area contributed by atoms with Crippen LogP contribution in [-0.4, -0.2) is 36.5 Å². The van der Waals surface area contributed by atoms with Gasteiger partial charge < -0.3 is 15.0 Å². The van der Waals surface area contributed by atoms with Crippen molar-refractivity contribution in [2.24, 2.45) is 4.99 Å². The van der Waals surface area contributed by atoms with Crippen LogP contribution in [0.25, 0.3) is 0 Å². The van der Waals surface area contributed by atoms with Crippen molar-refractivity contribution in [1.82, 2.24) is 15.2 Å². The molecule has 0 saturated carbocycles. The van der Waals surface area contributed by atoms with Gasteiger partial charge in [0, 0.05) is 31.9 Å². The first-order chi connectivity index (χ1) is 11.6. The fourth-order valence-corrected chi connectivity index (χ4v) is 2.30. The Kier molecular flexibility index (Phi) is 6.54. The second-order valence-corrected chi connectivity index (χ2v) is 5.32. The first-order valence-electron chi connectivity index (χ1n) is 7.85. The average molecular weight is 330 g/mol. The number of aromatic nitrogens is 1. The smallest absolute Gasteiger partial charge is 0.218 e. The normalized spacial score (nSPS) is 11.2. The van der Waals surface area contributed by atoms with Crippen LogP contribution in [0.3, 0.4) is 0 Å². The van der Waals surface area contributed by atoms with E-state index >= 15 is 0 Å². The van der Waals surface area contributed by atoms with Crippen LogP contribution >= 0.6 is 0 Å². The van der Waals surface area contributed by atoms with E-state index in [4.69, 9.17) is 4.74 Å². The van der Waals surface area contributed by atoms with Gasteiger partial charge in [-0.05, 0) is 30.7 Å². The van der Waals surface area contributed by atoms with Gasteiger partial charge in [0.25, 0.3) is 0 Å². The monoisotopic (exact) mass is 330 g/mol. The molecule has 5 nitrogen and oxygen atoms in total. The molecule has 0 saturated heterocycles. The summed E-state index contributed by atoms with van der Waals surface area (Å²) < 4.78 is 18.3. The zero-order valence-corrected chi connectivity index (χ0v) is 14.3.